The van der Waals surface area contributed by atoms with Crippen molar-refractivity contribution in [2.45, 2.75) is 25.1 Å². The van der Waals surface area contributed by atoms with E-state index in [4.69, 9.17) is 5.26 Å². The number of fused-ring (bicyclic) bond motifs is 7. The zero-order chi connectivity index (χ0) is 26.2. The maximum Gasteiger partial charge on any atom is 0.254 e. The number of benzene rings is 2. The minimum absolute atomic E-state index is 0. The Bertz CT molecular complexity index is 1350. The number of hydrogen-bond donors (Lipinski definition) is 5. The van der Waals surface area contributed by atoms with Crippen molar-refractivity contribution in [1.82, 2.24) is 20.2 Å². The van der Waals surface area contributed by atoms with Gasteiger partial charge in [0.25, 0.3) is 5.91 Å². The van der Waals surface area contributed by atoms with Crippen LogP contribution in [0.1, 0.15) is 22.3 Å². The van der Waals surface area contributed by atoms with Crippen molar-refractivity contribution in [1.29, 1.82) is 0 Å². The Labute approximate surface area is 220 Å². The second-order valence-electron chi connectivity index (χ2n) is 8.19. The Morgan fingerprint density at radius 2 is 1.67 bits per heavy atom. The molecule has 2 aliphatic heterocycles. The highest BCUT2D eigenvalue weighted by Crippen LogP contribution is 2.25. The van der Waals surface area contributed by atoms with Gasteiger partial charge in [-0.1, -0.05) is 18.2 Å². The van der Waals surface area contributed by atoms with Crippen LogP contribution in [-0.2, 0) is 16.2 Å². The molecule has 5 rings (SSSR count). The maximum absolute atomic E-state index is 13.2. The van der Waals surface area contributed by atoms with Crippen molar-refractivity contribution in [3.05, 3.63) is 72.1 Å². The number of amides is 2. The van der Waals surface area contributed by atoms with Crippen LogP contribution in [0.4, 0.5) is 36.8 Å². The molecule has 11 nitrogen and oxygen atoms in total. The number of halogens is 3. The van der Waals surface area contributed by atoms with Gasteiger partial charge in [0.2, 0.25) is 5.91 Å². The first kappa shape index (κ1) is 30.4. The van der Waals surface area contributed by atoms with Gasteiger partial charge in [0, 0.05) is 42.5 Å². The topological polar surface area (TPSA) is 149 Å². The summed E-state index contributed by atoms with van der Waals surface area (Å²) in [5.41, 5.74) is 2.81. The van der Waals surface area contributed by atoms with Crippen molar-refractivity contribution in [3.8, 4) is 12.3 Å². The Morgan fingerprint density at radius 3 is 2.31 bits per heavy atom. The molecule has 0 spiro atoms. The quantitative estimate of drug-likeness (QED) is 0.163. The number of nitrogens with one attached hydrogen (secondary N) is 3. The number of hydrogen-bond acceptors (Lipinski definition) is 9. The number of anilines is 4. The first-order valence-electron chi connectivity index (χ1n) is 11.2. The number of carbonyl (C=O) groups is 2. The zero-order valence-corrected chi connectivity index (χ0v) is 20.2. The van der Waals surface area contributed by atoms with Crippen LogP contribution in [0.5, 0.6) is 0 Å². The average Bonchev–Trinajstić information content (AvgIpc) is 3.29. The van der Waals surface area contributed by atoms with Crippen LogP contribution >= 0.6 is 0 Å². The van der Waals surface area contributed by atoms with Gasteiger partial charge in [-0.15, -0.1) is 4.39 Å². The smallest absolute Gasteiger partial charge is 0.254 e. The highest BCUT2D eigenvalue weighted by Gasteiger charge is 2.39. The SMILES string of the molecule is F.F.O=C1NCc2cccc(c2)Nc2cc(ncn2)Nc2cccc(c2)C(=O)N2CC(O)CC12.OOC#CF. The Balaban J connectivity index is 0.000000701. The minimum atomic E-state index is -0.742. The van der Waals surface area contributed by atoms with Gasteiger partial charge in [-0.05, 0) is 35.9 Å². The monoisotopic (exact) mass is 546 g/mol. The van der Waals surface area contributed by atoms with Crippen molar-refractivity contribution in [3.63, 3.8) is 0 Å². The normalized spacial score (nSPS) is 17.4. The maximum atomic E-state index is 13.2. The molecular formula is C25H25F3N6O5. The van der Waals surface area contributed by atoms with Crippen molar-refractivity contribution in [2.75, 3.05) is 17.2 Å². The Kier molecular flexibility index (Phi) is 11.0. The summed E-state index contributed by atoms with van der Waals surface area (Å²) in [5.74, 6) is 0.583. The zero-order valence-electron chi connectivity index (χ0n) is 20.2. The third kappa shape index (κ3) is 7.81. The van der Waals surface area contributed by atoms with Gasteiger partial charge in [0.1, 0.15) is 24.0 Å². The number of carbonyl (C=O) groups excluding carboxylic acids is 2. The van der Waals surface area contributed by atoms with E-state index in [9.17, 15) is 19.1 Å². The van der Waals surface area contributed by atoms with E-state index in [0.717, 1.165) is 17.4 Å². The van der Waals surface area contributed by atoms with Crippen molar-refractivity contribution < 1.29 is 38.6 Å². The molecule has 2 amide bonds. The summed E-state index contributed by atoms with van der Waals surface area (Å²) < 4.78 is 10.3. The first-order chi connectivity index (χ1) is 18.0. The third-order valence-electron chi connectivity index (χ3n) is 5.64. The molecular weight excluding hydrogens is 521 g/mol. The van der Waals surface area contributed by atoms with Crippen LogP contribution in [0, 0.1) is 12.3 Å². The van der Waals surface area contributed by atoms with Gasteiger partial charge >= 0.3 is 0 Å². The third-order valence-corrected chi connectivity index (χ3v) is 5.64. The number of aliphatic hydroxyl groups is 1. The summed E-state index contributed by atoms with van der Waals surface area (Å²) in [6, 6.07) is 15.7. The Morgan fingerprint density at radius 1 is 1.00 bits per heavy atom. The van der Waals surface area contributed by atoms with Crippen LogP contribution < -0.4 is 16.0 Å². The lowest BCUT2D eigenvalue weighted by Crippen LogP contribution is -2.45. The second-order valence-corrected chi connectivity index (χ2v) is 8.19. The molecule has 206 valence electrons. The van der Waals surface area contributed by atoms with E-state index in [-0.39, 0.29) is 34.2 Å². The standard InChI is InChI=1S/C23H22N6O3.C2HFO2.2FH/c30-18-9-19-22(31)24-11-14-3-1-5-16(7-14)27-20-10-21(26-13-25-20)28-17-6-2-4-15(8-17)23(32)29(19)12-18;3-1-2-5-4;;/h1-8,10,13,18-19,30H,9,11-12H2,(H,24,31)(H2,25,26,27,28);4H;2*1H. The molecule has 2 atom stereocenters. The van der Waals surface area contributed by atoms with Crippen LogP contribution in [0.25, 0.3) is 0 Å². The van der Waals surface area contributed by atoms with Gasteiger partial charge in [0.15, 0.2) is 12.3 Å². The van der Waals surface area contributed by atoms with Gasteiger partial charge in [-0.2, -0.15) is 5.26 Å². The van der Waals surface area contributed by atoms with E-state index in [2.05, 4.69) is 30.8 Å². The minimum Gasteiger partial charge on any atom is -0.391 e. The summed E-state index contributed by atoms with van der Waals surface area (Å²) >= 11 is 0. The van der Waals surface area contributed by atoms with E-state index < -0.39 is 12.1 Å². The first-order valence-corrected chi connectivity index (χ1v) is 11.2. The second kappa shape index (κ2) is 14.2. The molecule has 3 aromatic rings. The lowest BCUT2D eigenvalue weighted by Gasteiger charge is -2.24. The van der Waals surface area contributed by atoms with Gasteiger partial charge in [-0.3, -0.25) is 23.9 Å². The fourth-order valence-electron chi connectivity index (χ4n) is 4.06. The number of nitrogens with zero attached hydrogens (tertiary/aromatic N) is 3. The molecule has 3 heterocycles. The molecule has 2 aliphatic rings. The molecule has 1 aromatic heterocycles. The summed E-state index contributed by atoms with van der Waals surface area (Å²) in [7, 11) is 0. The number of rotatable bonds is 0. The van der Waals surface area contributed by atoms with E-state index >= 15 is 0 Å². The number of aromatic nitrogens is 2. The molecule has 2 unspecified atom stereocenters. The van der Waals surface area contributed by atoms with Crippen molar-refractivity contribution >= 4 is 34.8 Å². The summed E-state index contributed by atoms with van der Waals surface area (Å²) in [6.07, 6.45) is 2.96. The van der Waals surface area contributed by atoms with E-state index in [1.54, 1.807) is 24.3 Å². The summed E-state index contributed by atoms with van der Waals surface area (Å²) in [6.45, 7) is 0.415. The van der Waals surface area contributed by atoms with Crippen molar-refractivity contribution in [2.24, 2.45) is 0 Å². The fraction of sp³-hybridized carbons (Fsp3) is 0.200. The highest BCUT2D eigenvalue weighted by atomic mass is 19.1. The Hall–Kier alpha value is -4.87. The largest absolute Gasteiger partial charge is 0.391 e. The lowest BCUT2D eigenvalue weighted by atomic mass is 10.1. The predicted octanol–water partition coefficient (Wildman–Crippen LogP) is 2.84. The van der Waals surface area contributed by atoms with Crippen LogP contribution in [0.2, 0.25) is 0 Å². The van der Waals surface area contributed by atoms with E-state index in [1.807, 2.05) is 30.3 Å². The molecule has 14 heteroatoms. The summed E-state index contributed by atoms with van der Waals surface area (Å²) in [4.78, 5) is 39.1. The molecule has 0 saturated carbocycles. The average molecular weight is 547 g/mol. The molecule has 0 radical (unpaired) electrons. The molecule has 1 saturated heterocycles. The molecule has 39 heavy (non-hydrogen) atoms. The summed E-state index contributed by atoms with van der Waals surface area (Å²) in [5, 5.41) is 26.7. The van der Waals surface area contributed by atoms with Gasteiger partial charge < -0.3 is 26.0 Å². The number of aliphatic hydroxyl groups excluding tert-OH is 1. The van der Waals surface area contributed by atoms with Gasteiger partial charge in [-0.25, -0.2) is 9.97 Å². The van der Waals surface area contributed by atoms with Gasteiger partial charge in [0.05, 0.1) is 6.10 Å². The van der Waals surface area contributed by atoms with Crippen LogP contribution in [-0.4, -0.2) is 55.7 Å². The van der Waals surface area contributed by atoms with Crippen LogP contribution in [0.3, 0.4) is 0 Å². The molecule has 1 fully saturated rings. The van der Waals surface area contributed by atoms with E-state index in [0.29, 0.717) is 29.4 Å². The fourth-order valence-corrected chi connectivity index (χ4v) is 4.06. The lowest BCUT2D eigenvalue weighted by molar-refractivity contribution is -0.172. The highest BCUT2D eigenvalue weighted by molar-refractivity contribution is 5.98. The molecule has 6 bridgehead atoms. The molecule has 5 N–H and O–H groups in total. The predicted molar refractivity (Wildman–Crippen MR) is 136 cm³/mol. The molecule has 0 aliphatic carbocycles. The van der Waals surface area contributed by atoms with E-state index in [1.165, 1.54) is 17.3 Å². The van der Waals surface area contributed by atoms with Crippen LogP contribution in [0.15, 0.2) is 60.9 Å². The molecule has 2 aromatic carbocycles.